The highest BCUT2D eigenvalue weighted by Gasteiger charge is 2.23. The van der Waals surface area contributed by atoms with Gasteiger partial charge in [0.1, 0.15) is 5.82 Å². The standard InChI is InChI=1S/C30H31N5O2/c1-31-28(15-21-7-3-2-4-8-21)35-30(33-18-23-13-11-22(12-14-23)16-29(36)37)26(20-34-35)25-17-24-9-5-6-10-27(24)32-19-25/h2-10,15,17-20,22-23,31H,11-14,16H2,1H3,(H,36,37)/b28-15+,33-18+. The lowest BCUT2D eigenvalue weighted by Gasteiger charge is -2.25. The molecule has 7 nitrogen and oxygen atoms in total. The summed E-state index contributed by atoms with van der Waals surface area (Å²) < 4.78 is 1.84. The minimum Gasteiger partial charge on any atom is -0.481 e. The number of carbonyl (C=O) groups is 1. The van der Waals surface area contributed by atoms with Crippen LogP contribution in [-0.4, -0.2) is 39.1 Å². The van der Waals surface area contributed by atoms with Crippen molar-refractivity contribution >= 4 is 40.8 Å². The Morgan fingerprint density at radius 2 is 1.84 bits per heavy atom. The van der Waals surface area contributed by atoms with E-state index >= 15 is 0 Å². The fourth-order valence-electron chi connectivity index (χ4n) is 4.98. The summed E-state index contributed by atoms with van der Waals surface area (Å²) in [5.74, 6) is 1.41. The number of hydrogen-bond donors (Lipinski definition) is 2. The molecule has 1 fully saturated rings. The van der Waals surface area contributed by atoms with Gasteiger partial charge in [-0.3, -0.25) is 9.78 Å². The van der Waals surface area contributed by atoms with E-state index in [4.69, 9.17) is 15.2 Å². The maximum Gasteiger partial charge on any atom is 0.303 e. The first-order chi connectivity index (χ1) is 18.1. The Hall–Kier alpha value is -4.26. The number of carboxylic acids is 1. The van der Waals surface area contributed by atoms with Gasteiger partial charge in [0.25, 0.3) is 0 Å². The summed E-state index contributed by atoms with van der Waals surface area (Å²) in [7, 11) is 1.88. The number of para-hydroxylation sites is 1. The van der Waals surface area contributed by atoms with Crippen LogP contribution in [0.15, 0.2) is 78.0 Å². The van der Waals surface area contributed by atoms with E-state index in [9.17, 15) is 4.79 Å². The molecule has 188 valence electrons. The first-order valence-corrected chi connectivity index (χ1v) is 12.7. The molecule has 2 aromatic heterocycles. The Morgan fingerprint density at radius 3 is 2.59 bits per heavy atom. The fraction of sp³-hybridized carbons (Fsp3) is 0.267. The predicted molar refractivity (Wildman–Crippen MR) is 148 cm³/mol. The number of aromatic nitrogens is 3. The Balaban J connectivity index is 1.51. The number of rotatable bonds is 8. The van der Waals surface area contributed by atoms with E-state index in [2.05, 4.69) is 22.4 Å². The zero-order chi connectivity index (χ0) is 25.6. The highest BCUT2D eigenvalue weighted by atomic mass is 16.4. The molecule has 5 rings (SSSR count). The molecule has 1 saturated carbocycles. The Kier molecular flexibility index (Phi) is 7.40. The molecule has 0 spiro atoms. The van der Waals surface area contributed by atoms with E-state index in [1.54, 1.807) is 0 Å². The lowest BCUT2D eigenvalue weighted by Crippen LogP contribution is -2.18. The van der Waals surface area contributed by atoms with Crippen molar-refractivity contribution in [1.29, 1.82) is 0 Å². The van der Waals surface area contributed by atoms with E-state index in [1.807, 2.05) is 84.9 Å². The summed E-state index contributed by atoms with van der Waals surface area (Å²) in [4.78, 5) is 20.7. The van der Waals surface area contributed by atoms with Gasteiger partial charge in [-0.15, -0.1) is 0 Å². The largest absolute Gasteiger partial charge is 0.481 e. The number of benzene rings is 2. The van der Waals surface area contributed by atoms with Crippen molar-refractivity contribution in [2.75, 3.05) is 7.05 Å². The Bertz CT molecular complexity index is 1430. The fourth-order valence-corrected chi connectivity index (χ4v) is 4.98. The molecule has 4 aromatic rings. The number of carboxylic acid groups (broad SMARTS) is 1. The normalized spacial score (nSPS) is 18.4. The smallest absolute Gasteiger partial charge is 0.303 e. The minimum atomic E-state index is -0.709. The molecule has 0 unspecified atom stereocenters. The third-order valence-corrected chi connectivity index (χ3v) is 6.99. The average Bonchev–Trinajstić information content (AvgIpc) is 3.35. The number of fused-ring (bicyclic) bond motifs is 1. The Morgan fingerprint density at radius 1 is 1.08 bits per heavy atom. The highest BCUT2D eigenvalue weighted by molar-refractivity contribution is 5.87. The molecule has 0 atom stereocenters. The van der Waals surface area contributed by atoms with Crippen molar-refractivity contribution in [2.45, 2.75) is 32.1 Å². The maximum absolute atomic E-state index is 11.1. The van der Waals surface area contributed by atoms with Crippen LogP contribution in [-0.2, 0) is 4.79 Å². The van der Waals surface area contributed by atoms with Crippen LogP contribution in [0.2, 0.25) is 0 Å². The van der Waals surface area contributed by atoms with Crippen molar-refractivity contribution in [3.05, 3.63) is 78.6 Å². The molecule has 37 heavy (non-hydrogen) atoms. The molecule has 0 amide bonds. The number of nitrogens with one attached hydrogen (secondary N) is 1. The molecular formula is C30H31N5O2. The van der Waals surface area contributed by atoms with Crippen LogP contribution in [0.3, 0.4) is 0 Å². The Labute approximate surface area is 216 Å². The lowest BCUT2D eigenvalue weighted by atomic mass is 9.81. The van der Waals surface area contributed by atoms with Gasteiger partial charge in [-0.1, -0.05) is 48.5 Å². The summed E-state index contributed by atoms with van der Waals surface area (Å²) in [5, 5.41) is 18.2. The average molecular weight is 494 g/mol. The topological polar surface area (TPSA) is 92.4 Å². The first-order valence-electron chi connectivity index (χ1n) is 12.7. The van der Waals surface area contributed by atoms with Crippen molar-refractivity contribution in [3.8, 4) is 11.1 Å². The molecule has 1 aliphatic carbocycles. The van der Waals surface area contributed by atoms with Crippen LogP contribution in [0.1, 0.15) is 37.7 Å². The molecule has 2 aromatic carbocycles. The zero-order valence-corrected chi connectivity index (χ0v) is 20.9. The maximum atomic E-state index is 11.1. The number of aliphatic imine (C=N–C) groups is 1. The highest BCUT2D eigenvalue weighted by Crippen LogP contribution is 2.35. The van der Waals surface area contributed by atoms with E-state index in [0.29, 0.717) is 5.92 Å². The monoisotopic (exact) mass is 493 g/mol. The quantitative estimate of drug-likeness (QED) is 0.283. The van der Waals surface area contributed by atoms with Gasteiger partial charge in [0.05, 0.1) is 11.7 Å². The van der Waals surface area contributed by atoms with E-state index in [0.717, 1.165) is 64.9 Å². The molecule has 2 heterocycles. The lowest BCUT2D eigenvalue weighted by molar-refractivity contribution is -0.138. The summed E-state index contributed by atoms with van der Waals surface area (Å²) in [5.41, 5.74) is 3.87. The summed E-state index contributed by atoms with van der Waals surface area (Å²) in [6.07, 6.45) is 11.8. The van der Waals surface area contributed by atoms with Crippen molar-refractivity contribution in [1.82, 2.24) is 20.1 Å². The number of pyridine rings is 1. The van der Waals surface area contributed by atoms with Crippen molar-refractivity contribution < 1.29 is 9.90 Å². The SMILES string of the molecule is CN/C(=C\c1ccccc1)n1ncc(-c2cnc3ccccc3c2)c1/N=C/C1CCC(CC(=O)O)CC1. The number of nitrogens with zero attached hydrogens (tertiary/aromatic N) is 4. The molecule has 0 bridgehead atoms. The third-order valence-electron chi connectivity index (χ3n) is 6.99. The third kappa shape index (κ3) is 5.77. The van der Waals surface area contributed by atoms with Crippen LogP contribution in [0.4, 0.5) is 5.82 Å². The van der Waals surface area contributed by atoms with Gasteiger partial charge >= 0.3 is 5.97 Å². The van der Waals surface area contributed by atoms with Crippen LogP contribution in [0, 0.1) is 11.8 Å². The zero-order valence-electron chi connectivity index (χ0n) is 20.9. The van der Waals surface area contributed by atoms with Crippen molar-refractivity contribution in [2.24, 2.45) is 16.8 Å². The van der Waals surface area contributed by atoms with Gasteiger partial charge < -0.3 is 10.4 Å². The van der Waals surface area contributed by atoms with Gasteiger partial charge in [-0.2, -0.15) is 9.78 Å². The van der Waals surface area contributed by atoms with Gasteiger partial charge in [-0.05, 0) is 61.3 Å². The van der Waals surface area contributed by atoms with Crippen LogP contribution < -0.4 is 5.32 Å². The molecular weight excluding hydrogens is 462 g/mol. The van der Waals surface area contributed by atoms with Gasteiger partial charge in [0, 0.05) is 42.4 Å². The van der Waals surface area contributed by atoms with E-state index < -0.39 is 5.97 Å². The van der Waals surface area contributed by atoms with Gasteiger partial charge in [0.15, 0.2) is 5.82 Å². The molecule has 7 heteroatoms. The molecule has 0 saturated heterocycles. The molecule has 1 aliphatic rings. The minimum absolute atomic E-state index is 0.256. The van der Waals surface area contributed by atoms with Gasteiger partial charge in [0.2, 0.25) is 0 Å². The summed E-state index contributed by atoms with van der Waals surface area (Å²) in [6.45, 7) is 0. The second-order valence-electron chi connectivity index (χ2n) is 9.56. The van der Waals surface area contributed by atoms with Crippen LogP contribution in [0.5, 0.6) is 0 Å². The van der Waals surface area contributed by atoms with Crippen LogP contribution >= 0.6 is 0 Å². The van der Waals surface area contributed by atoms with Crippen LogP contribution in [0.25, 0.3) is 33.9 Å². The summed E-state index contributed by atoms with van der Waals surface area (Å²) in [6, 6.07) is 20.3. The second-order valence-corrected chi connectivity index (χ2v) is 9.56. The predicted octanol–water partition coefficient (Wildman–Crippen LogP) is 6.26. The first kappa shape index (κ1) is 24.4. The molecule has 0 radical (unpaired) electrons. The molecule has 2 N–H and O–H groups in total. The van der Waals surface area contributed by atoms with Crippen molar-refractivity contribution in [3.63, 3.8) is 0 Å². The second kappa shape index (κ2) is 11.2. The number of aliphatic carboxylic acids is 1. The van der Waals surface area contributed by atoms with Gasteiger partial charge in [-0.25, -0.2) is 4.99 Å². The number of hydrogen-bond acceptors (Lipinski definition) is 5. The van der Waals surface area contributed by atoms with E-state index in [1.165, 1.54) is 0 Å². The summed E-state index contributed by atoms with van der Waals surface area (Å²) >= 11 is 0. The molecule has 0 aliphatic heterocycles. The van der Waals surface area contributed by atoms with E-state index in [-0.39, 0.29) is 12.3 Å².